The van der Waals surface area contributed by atoms with Gasteiger partial charge < -0.3 is 14.3 Å². The quantitative estimate of drug-likeness (QED) is 0.408. The molecule has 0 aliphatic rings. The van der Waals surface area contributed by atoms with E-state index < -0.39 is 16.0 Å². The van der Waals surface area contributed by atoms with E-state index in [-0.39, 0.29) is 59.3 Å². The van der Waals surface area contributed by atoms with E-state index in [1.807, 2.05) is 46.8 Å². The second kappa shape index (κ2) is 11.6. The number of anilines is 1. The minimum atomic E-state index is -3.97. The molecule has 0 unspecified atom stereocenters. The summed E-state index contributed by atoms with van der Waals surface area (Å²) in [6, 6.07) is 11.6. The van der Waals surface area contributed by atoms with E-state index in [0.717, 1.165) is 22.3 Å². The first-order chi connectivity index (χ1) is 15.9. The number of ether oxygens (including phenoxy) is 1. The molecule has 184 valence electrons. The maximum atomic E-state index is 13.6. The zero-order valence-electron chi connectivity index (χ0n) is 20.4. The van der Waals surface area contributed by atoms with Gasteiger partial charge in [-0.1, -0.05) is 19.9 Å². The fourth-order valence-corrected chi connectivity index (χ4v) is 5.14. The van der Waals surface area contributed by atoms with Gasteiger partial charge in [-0.25, -0.2) is 4.79 Å². The number of hydrogen-bond acceptors (Lipinski definition) is 5. The molecule has 1 heterocycles. The Balaban J connectivity index is 0.00000432. The summed E-state index contributed by atoms with van der Waals surface area (Å²) in [6.45, 7) is 11.7. The molecule has 7 nitrogen and oxygen atoms in total. The van der Waals surface area contributed by atoms with Gasteiger partial charge in [0.05, 0.1) is 11.3 Å². The Labute approximate surface area is 229 Å². The normalized spacial score (nSPS) is 11.3. The molecule has 9 heteroatoms. The topological polar surface area (TPSA) is 97.0 Å². The monoisotopic (exact) mass is 509 g/mol. The van der Waals surface area contributed by atoms with Crippen molar-refractivity contribution in [3.8, 4) is 5.75 Å². The summed E-state index contributed by atoms with van der Waals surface area (Å²) in [5.74, 6) is -0.00181. The molecule has 3 rings (SSSR count). The first-order valence-electron chi connectivity index (χ1n) is 11.1. The number of hydrogen-bond donors (Lipinski definition) is 1. The third kappa shape index (κ3) is 6.70. The molecule has 1 N–H and O–H groups in total. The molecule has 0 spiro atoms. The molecule has 0 atom stereocenters. The number of aryl methyl sites for hydroxylation is 4. The first kappa shape index (κ1) is 29.0. The van der Waals surface area contributed by atoms with E-state index in [2.05, 4.69) is 0 Å². The third-order valence-corrected chi connectivity index (χ3v) is 7.26. The summed E-state index contributed by atoms with van der Waals surface area (Å²) in [5, 5.41) is 9.09. The van der Waals surface area contributed by atoms with Gasteiger partial charge in [0.2, 0.25) is 5.09 Å². The molecule has 3 aromatic rings. The van der Waals surface area contributed by atoms with Crippen molar-refractivity contribution in [1.82, 2.24) is 0 Å². The van der Waals surface area contributed by atoms with E-state index >= 15 is 0 Å². The molecule has 0 bridgehead atoms. The SMILES string of the molecule is Cc1ccc(S(=O)(=O)N(CC(C)C)c2cc(C)c(C)cc2OCc2ccc(C(=O)O)cc2C)o1.[NaH]. The van der Waals surface area contributed by atoms with Crippen LogP contribution in [0.4, 0.5) is 5.69 Å². The summed E-state index contributed by atoms with van der Waals surface area (Å²) in [6.07, 6.45) is 0. The summed E-state index contributed by atoms with van der Waals surface area (Å²) in [5.41, 5.74) is 4.13. The van der Waals surface area contributed by atoms with Gasteiger partial charge in [-0.05, 0) is 92.3 Å². The molecule has 0 radical (unpaired) electrons. The van der Waals surface area contributed by atoms with Crippen LogP contribution in [0.2, 0.25) is 0 Å². The van der Waals surface area contributed by atoms with Crippen molar-refractivity contribution in [1.29, 1.82) is 0 Å². The van der Waals surface area contributed by atoms with Gasteiger partial charge in [-0.2, -0.15) is 8.42 Å². The van der Waals surface area contributed by atoms with Gasteiger partial charge in [0.1, 0.15) is 18.1 Å². The predicted molar refractivity (Wildman–Crippen MR) is 138 cm³/mol. The van der Waals surface area contributed by atoms with Crippen molar-refractivity contribution in [3.05, 3.63) is 76.0 Å². The number of nitrogens with zero attached hydrogens (tertiary/aromatic N) is 1. The van der Waals surface area contributed by atoms with Crippen LogP contribution in [0.25, 0.3) is 0 Å². The third-order valence-electron chi connectivity index (χ3n) is 5.61. The van der Waals surface area contributed by atoms with Crippen LogP contribution in [0, 0.1) is 33.6 Å². The molecule has 0 aliphatic heterocycles. The van der Waals surface area contributed by atoms with E-state index in [0.29, 0.717) is 17.2 Å². The molecule has 2 aromatic carbocycles. The molecule has 0 saturated heterocycles. The molecular formula is C26H32NNaO6S. The standard InChI is InChI=1S/C26H31NO6S.Na.H/c1-16(2)14-27(34(30,31)25-10-7-20(6)33-25)23-12-17(3)18(4)13-24(23)32-15-22-9-8-21(26(28)29)11-19(22)5;;/h7-13,16H,14-15H2,1-6H3,(H,28,29);;. The van der Waals surface area contributed by atoms with Crippen LogP contribution in [-0.4, -0.2) is 55.6 Å². The van der Waals surface area contributed by atoms with E-state index in [1.165, 1.54) is 16.4 Å². The first-order valence-corrected chi connectivity index (χ1v) is 12.5. The average molecular weight is 510 g/mol. The fraction of sp³-hybridized carbons (Fsp3) is 0.346. The summed E-state index contributed by atoms with van der Waals surface area (Å²) in [4.78, 5) is 11.2. The van der Waals surface area contributed by atoms with Gasteiger partial charge >= 0.3 is 35.5 Å². The van der Waals surface area contributed by atoms with Gasteiger partial charge in [0.15, 0.2) is 0 Å². The Bertz CT molecular complexity index is 1310. The van der Waals surface area contributed by atoms with E-state index in [4.69, 9.17) is 9.15 Å². The van der Waals surface area contributed by atoms with Crippen LogP contribution in [0.3, 0.4) is 0 Å². The van der Waals surface area contributed by atoms with Crippen LogP contribution < -0.4 is 9.04 Å². The summed E-state index contributed by atoms with van der Waals surface area (Å²) < 4.78 is 40.1. The van der Waals surface area contributed by atoms with Gasteiger partial charge in [-0.3, -0.25) is 4.31 Å². The average Bonchev–Trinajstić information content (AvgIpc) is 3.20. The van der Waals surface area contributed by atoms with Crippen molar-refractivity contribution in [2.45, 2.75) is 53.2 Å². The van der Waals surface area contributed by atoms with Crippen molar-refractivity contribution in [2.75, 3.05) is 10.8 Å². The number of carboxylic acids is 1. The molecular weight excluding hydrogens is 477 g/mol. The molecule has 35 heavy (non-hydrogen) atoms. The van der Waals surface area contributed by atoms with Crippen LogP contribution in [0.1, 0.15) is 52.2 Å². The van der Waals surface area contributed by atoms with Crippen LogP contribution in [-0.2, 0) is 16.6 Å². The molecule has 1 aromatic heterocycles. The Kier molecular flexibility index (Phi) is 9.64. The number of furan rings is 1. The second-order valence-electron chi connectivity index (χ2n) is 8.93. The molecule has 0 amide bonds. The number of aromatic carboxylic acids is 1. The van der Waals surface area contributed by atoms with Crippen LogP contribution in [0.5, 0.6) is 5.75 Å². The van der Waals surface area contributed by atoms with Gasteiger partial charge in [0, 0.05) is 6.54 Å². The Morgan fingerprint density at radius 3 is 2.20 bits per heavy atom. The second-order valence-corrected chi connectivity index (χ2v) is 10.7. The van der Waals surface area contributed by atoms with Crippen LogP contribution in [0.15, 0.2) is 52.0 Å². The van der Waals surface area contributed by atoms with Crippen molar-refractivity contribution in [3.63, 3.8) is 0 Å². The van der Waals surface area contributed by atoms with Crippen LogP contribution >= 0.6 is 0 Å². The number of rotatable bonds is 9. The van der Waals surface area contributed by atoms with Crippen molar-refractivity contribution >= 4 is 51.2 Å². The predicted octanol–water partition coefficient (Wildman–Crippen LogP) is 4.99. The Hall–Kier alpha value is -2.26. The molecule has 0 saturated carbocycles. The number of sulfonamides is 1. The van der Waals surface area contributed by atoms with Crippen molar-refractivity contribution < 1.29 is 27.5 Å². The van der Waals surface area contributed by atoms with Crippen molar-refractivity contribution in [2.24, 2.45) is 5.92 Å². The van der Waals surface area contributed by atoms with E-state index in [1.54, 1.807) is 25.1 Å². The van der Waals surface area contributed by atoms with Gasteiger partial charge in [-0.15, -0.1) is 0 Å². The minimum absolute atomic E-state index is 0. The fourth-order valence-electron chi connectivity index (χ4n) is 3.55. The Morgan fingerprint density at radius 2 is 1.66 bits per heavy atom. The van der Waals surface area contributed by atoms with Gasteiger partial charge in [0.25, 0.3) is 10.0 Å². The number of carboxylic acid groups (broad SMARTS) is 1. The van der Waals surface area contributed by atoms with E-state index in [9.17, 15) is 18.3 Å². The maximum absolute atomic E-state index is 13.6. The molecule has 0 fully saturated rings. The molecule has 0 aliphatic carbocycles. The summed E-state index contributed by atoms with van der Waals surface area (Å²) in [7, 11) is -3.97. The zero-order valence-corrected chi connectivity index (χ0v) is 21.2. The number of benzene rings is 2. The Morgan fingerprint density at radius 1 is 1.00 bits per heavy atom. The number of carbonyl (C=O) groups is 1. The summed E-state index contributed by atoms with van der Waals surface area (Å²) >= 11 is 0. The zero-order chi connectivity index (χ0) is 25.2.